The fraction of sp³-hybridized carbons (Fsp3) is 0.556. The highest BCUT2D eigenvalue weighted by Crippen LogP contribution is 2.08. The molecule has 0 aliphatic carbocycles. The highest BCUT2D eigenvalue weighted by molar-refractivity contribution is 5.21. The minimum atomic E-state index is 0.301. The van der Waals surface area contributed by atoms with Gasteiger partial charge in [0.15, 0.2) is 0 Å². The average Bonchev–Trinajstić information content (AvgIpc) is 2.50. The molecule has 2 nitrogen and oxygen atoms in total. The van der Waals surface area contributed by atoms with Gasteiger partial charge in [0.05, 0.1) is 6.26 Å². The van der Waals surface area contributed by atoms with E-state index in [0.717, 1.165) is 25.9 Å². The van der Waals surface area contributed by atoms with Gasteiger partial charge in [-0.3, -0.25) is 0 Å². The highest BCUT2D eigenvalue weighted by Gasteiger charge is 1.97. The fourth-order valence-electron chi connectivity index (χ4n) is 0.999. The van der Waals surface area contributed by atoms with Gasteiger partial charge in [0.2, 0.25) is 0 Å². The number of hydrogen-bond donors (Lipinski definition) is 1. The first kappa shape index (κ1) is 8.34. The van der Waals surface area contributed by atoms with E-state index in [9.17, 15) is 0 Å². The summed E-state index contributed by atoms with van der Waals surface area (Å²) in [6.07, 6.45) is 8.88. The SMILES string of the molecule is OCCCCC=C1C=COC1. The van der Waals surface area contributed by atoms with E-state index in [4.69, 9.17) is 9.84 Å². The third kappa shape index (κ3) is 3.23. The van der Waals surface area contributed by atoms with E-state index in [2.05, 4.69) is 6.08 Å². The standard InChI is InChI=1S/C9H14O2/c10-6-3-1-2-4-9-5-7-11-8-9/h4-5,7,10H,1-3,6,8H2. The highest BCUT2D eigenvalue weighted by atomic mass is 16.5. The van der Waals surface area contributed by atoms with E-state index in [1.165, 1.54) is 5.57 Å². The van der Waals surface area contributed by atoms with E-state index in [1.54, 1.807) is 6.26 Å². The summed E-state index contributed by atoms with van der Waals surface area (Å²) in [6, 6.07) is 0. The molecule has 0 aromatic carbocycles. The Kier molecular flexibility index (Phi) is 3.76. The molecule has 0 saturated heterocycles. The third-order valence-electron chi connectivity index (χ3n) is 1.65. The van der Waals surface area contributed by atoms with E-state index in [0.29, 0.717) is 6.61 Å². The number of aliphatic hydroxyl groups excluding tert-OH is 1. The molecule has 0 aromatic heterocycles. The smallest absolute Gasteiger partial charge is 0.112 e. The van der Waals surface area contributed by atoms with Crippen molar-refractivity contribution in [2.45, 2.75) is 19.3 Å². The monoisotopic (exact) mass is 154 g/mol. The lowest BCUT2D eigenvalue weighted by Gasteiger charge is -1.94. The predicted molar refractivity (Wildman–Crippen MR) is 44.1 cm³/mol. The molecule has 0 radical (unpaired) electrons. The summed E-state index contributed by atoms with van der Waals surface area (Å²) < 4.78 is 5.02. The number of ether oxygens (including phenoxy) is 1. The van der Waals surface area contributed by atoms with Crippen LogP contribution in [0.2, 0.25) is 0 Å². The maximum Gasteiger partial charge on any atom is 0.112 e. The van der Waals surface area contributed by atoms with E-state index < -0.39 is 0 Å². The summed E-state index contributed by atoms with van der Waals surface area (Å²) in [4.78, 5) is 0. The van der Waals surface area contributed by atoms with Gasteiger partial charge >= 0.3 is 0 Å². The Morgan fingerprint density at radius 3 is 3.09 bits per heavy atom. The van der Waals surface area contributed by atoms with Crippen molar-refractivity contribution in [3.8, 4) is 0 Å². The molecule has 1 aliphatic rings. The zero-order valence-electron chi connectivity index (χ0n) is 6.62. The maximum absolute atomic E-state index is 8.50. The topological polar surface area (TPSA) is 29.5 Å². The Bertz CT molecular complexity index is 159. The van der Waals surface area contributed by atoms with Crippen LogP contribution in [0, 0.1) is 0 Å². The van der Waals surface area contributed by atoms with Gasteiger partial charge in [-0.1, -0.05) is 6.08 Å². The van der Waals surface area contributed by atoms with Crippen LogP contribution in [0.15, 0.2) is 24.0 Å². The molecule has 0 atom stereocenters. The fourth-order valence-corrected chi connectivity index (χ4v) is 0.999. The zero-order valence-corrected chi connectivity index (χ0v) is 6.62. The lowest BCUT2D eigenvalue weighted by molar-refractivity contribution is 0.285. The van der Waals surface area contributed by atoms with Crippen LogP contribution in [0.3, 0.4) is 0 Å². The Morgan fingerprint density at radius 2 is 2.45 bits per heavy atom. The quantitative estimate of drug-likeness (QED) is 0.623. The lowest BCUT2D eigenvalue weighted by atomic mass is 10.2. The Morgan fingerprint density at radius 1 is 1.55 bits per heavy atom. The van der Waals surface area contributed by atoms with Gasteiger partial charge < -0.3 is 9.84 Å². The van der Waals surface area contributed by atoms with Gasteiger partial charge in [-0.25, -0.2) is 0 Å². The van der Waals surface area contributed by atoms with Crippen LogP contribution in [0.25, 0.3) is 0 Å². The summed E-state index contributed by atoms with van der Waals surface area (Å²) >= 11 is 0. The van der Waals surface area contributed by atoms with Gasteiger partial charge in [0.1, 0.15) is 6.61 Å². The molecule has 1 heterocycles. The van der Waals surface area contributed by atoms with Crippen molar-refractivity contribution in [3.63, 3.8) is 0 Å². The Labute approximate surface area is 67.2 Å². The van der Waals surface area contributed by atoms with Crippen LogP contribution in [0.1, 0.15) is 19.3 Å². The van der Waals surface area contributed by atoms with Crippen molar-refractivity contribution >= 4 is 0 Å². The molecule has 0 unspecified atom stereocenters. The number of allylic oxidation sites excluding steroid dienone is 1. The van der Waals surface area contributed by atoms with Crippen molar-refractivity contribution < 1.29 is 9.84 Å². The first-order chi connectivity index (χ1) is 5.43. The molecule has 62 valence electrons. The predicted octanol–water partition coefficient (Wildman–Crippen LogP) is 1.62. The van der Waals surface area contributed by atoms with E-state index >= 15 is 0 Å². The van der Waals surface area contributed by atoms with Crippen LogP contribution < -0.4 is 0 Å². The second-order valence-electron chi connectivity index (χ2n) is 2.61. The number of rotatable bonds is 4. The summed E-state index contributed by atoms with van der Waals surface area (Å²) in [6.45, 7) is 1.02. The Balaban J connectivity index is 2.09. The summed E-state index contributed by atoms with van der Waals surface area (Å²) in [5.74, 6) is 0. The molecule has 1 aliphatic heterocycles. The molecule has 2 heteroatoms. The lowest BCUT2D eigenvalue weighted by Crippen LogP contribution is -1.84. The maximum atomic E-state index is 8.50. The van der Waals surface area contributed by atoms with Crippen molar-refractivity contribution in [2.75, 3.05) is 13.2 Å². The van der Waals surface area contributed by atoms with Gasteiger partial charge in [-0.15, -0.1) is 0 Å². The van der Waals surface area contributed by atoms with Gasteiger partial charge in [-0.2, -0.15) is 0 Å². The number of hydrogen-bond acceptors (Lipinski definition) is 2. The largest absolute Gasteiger partial charge is 0.497 e. The Hall–Kier alpha value is -0.760. The van der Waals surface area contributed by atoms with Crippen LogP contribution in [0.4, 0.5) is 0 Å². The molecule has 0 saturated carbocycles. The van der Waals surface area contributed by atoms with Crippen LogP contribution in [-0.2, 0) is 4.74 Å². The molecule has 11 heavy (non-hydrogen) atoms. The molecule has 0 bridgehead atoms. The molecule has 1 N–H and O–H groups in total. The number of unbranched alkanes of at least 4 members (excludes halogenated alkanes) is 2. The summed E-state index contributed by atoms with van der Waals surface area (Å²) in [5, 5.41) is 8.50. The van der Waals surface area contributed by atoms with Gasteiger partial charge in [-0.05, 0) is 30.9 Å². The van der Waals surface area contributed by atoms with E-state index in [-0.39, 0.29) is 0 Å². The second kappa shape index (κ2) is 4.97. The minimum Gasteiger partial charge on any atom is -0.497 e. The minimum absolute atomic E-state index is 0.301. The first-order valence-corrected chi connectivity index (χ1v) is 4.01. The zero-order chi connectivity index (χ0) is 7.94. The van der Waals surface area contributed by atoms with Gasteiger partial charge in [0.25, 0.3) is 0 Å². The third-order valence-corrected chi connectivity index (χ3v) is 1.65. The van der Waals surface area contributed by atoms with Crippen molar-refractivity contribution in [1.29, 1.82) is 0 Å². The van der Waals surface area contributed by atoms with E-state index in [1.807, 2.05) is 6.08 Å². The molecule has 1 rings (SSSR count). The number of aliphatic hydroxyl groups is 1. The molecule has 0 fully saturated rings. The van der Waals surface area contributed by atoms with Crippen molar-refractivity contribution in [3.05, 3.63) is 24.0 Å². The second-order valence-corrected chi connectivity index (χ2v) is 2.61. The van der Waals surface area contributed by atoms with Crippen LogP contribution >= 0.6 is 0 Å². The summed E-state index contributed by atoms with van der Waals surface area (Å²) in [5.41, 5.74) is 1.25. The van der Waals surface area contributed by atoms with Gasteiger partial charge in [0, 0.05) is 6.61 Å². The average molecular weight is 154 g/mol. The summed E-state index contributed by atoms with van der Waals surface area (Å²) in [7, 11) is 0. The normalized spacial score (nSPS) is 19.2. The molecule has 0 spiro atoms. The molecule has 0 amide bonds. The van der Waals surface area contributed by atoms with Crippen LogP contribution in [0.5, 0.6) is 0 Å². The van der Waals surface area contributed by atoms with Crippen molar-refractivity contribution in [2.24, 2.45) is 0 Å². The molecular weight excluding hydrogens is 140 g/mol. The molecular formula is C9H14O2. The van der Waals surface area contributed by atoms with Crippen LogP contribution in [-0.4, -0.2) is 18.3 Å². The first-order valence-electron chi connectivity index (χ1n) is 4.01. The van der Waals surface area contributed by atoms with Crippen molar-refractivity contribution in [1.82, 2.24) is 0 Å². The molecule has 0 aromatic rings.